The van der Waals surface area contributed by atoms with Crippen molar-refractivity contribution in [1.29, 1.82) is 0 Å². The Bertz CT molecular complexity index is 1700. The van der Waals surface area contributed by atoms with Crippen LogP contribution in [0.5, 0.6) is 5.75 Å². The highest BCUT2D eigenvalue weighted by Gasteiger charge is 2.58. The fourth-order valence-corrected chi connectivity index (χ4v) is 5.45. The van der Waals surface area contributed by atoms with Crippen molar-refractivity contribution in [2.45, 2.75) is 18.4 Å². The predicted molar refractivity (Wildman–Crippen MR) is 156 cm³/mol. The number of H-pyrrole nitrogens is 1. The molecule has 1 unspecified atom stereocenters. The summed E-state index contributed by atoms with van der Waals surface area (Å²) in [6.45, 7) is 1.77. The lowest BCUT2D eigenvalue weighted by molar-refractivity contribution is -0.158. The first-order chi connectivity index (χ1) is 20.1. The minimum atomic E-state index is -2.08. The molecule has 1 N–H and O–H groups in total. The number of esters is 2. The summed E-state index contributed by atoms with van der Waals surface area (Å²) in [6.07, 6.45) is 0. The molecule has 0 amide bonds. The number of benzene rings is 4. The third-order valence-corrected chi connectivity index (χ3v) is 7.31. The molecule has 0 bridgehead atoms. The van der Waals surface area contributed by atoms with Crippen molar-refractivity contribution < 1.29 is 23.8 Å². The van der Waals surface area contributed by atoms with Gasteiger partial charge in [-0.2, -0.15) is 0 Å². The molecule has 204 valence electrons. The number of carbonyl (C=O) groups excluding carboxylic acids is 2. The fourth-order valence-electron chi connectivity index (χ4n) is 5.45. The maximum atomic E-state index is 14.0. The van der Waals surface area contributed by atoms with Gasteiger partial charge < -0.3 is 19.2 Å². The lowest BCUT2D eigenvalue weighted by Gasteiger charge is -2.25. The number of methoxy groups -OCH3 is 1. The molecule has 4 aromatic carbocycles. The molecule has 0 saturated heterocycles. The van der Waals surface area contributed by atoms with E-state index in [1.54, 1.807) is 38.3 Å². The predicted octanol–water partition coefficient (Wildman–Crippen LogP) is 6.12. The molecule has 5 aromatic rings. The Morgan fingerprint density at radius 3 is 2.10 bits per heavy atom. The van der Waals surface area contributed by atoms with Gasteiger partial charge in [0.05, 0.1) is 13.7 Å². The highest BCUT2D eigenvalue weighted by atomic mass is 16.6. The number of nitrogens with zero attached hydrogens (tertiary/aromatic N) is 1. The van der Waals surface area contributed by atoms with Gasteiger partial charge in [-0.1, -0.05) is 78.9 Å². The topological polar surface area (TPSA) is 90.0 Å². The smallest absolute Gasteiger partial charge is 0.357 e. The van der Waals surface area contributed by atoms with Crippen LogP contribution in [-0.4, -0.2) is 36.5 Å². The number of hydrogen-bond acceptors (Lipinski definition) is 6. The molecule has 2 heterocycles. The van der Waals surface area contributed by atoms with Crippen LogP contribution in [0.15, 0.2) is 114 Å². The number of nitrogens with one attached hydrogen (secondary N) is 1. The third kappa shape index (κ3) is 4.45. The van der Waals surface area contributed by atoms with Crippen LogP contribution < -0.4 is 4.74 Å². The lowest BCUT2D eigenvalue weighted by atomic mass is 9.80. The van der Waals surface area contributed by atoms with E-state index >= 15 is 0 Å². The van der Waals surface area contributed by atoms with Gasteiger partial charge >= 0.3 is 11.9 Å². The lowest BCUT2D eigenvalue weighted by Crippen LogP contribution is -2.42. The normalized spacial score (nSPS) is 16.5. The molecule has 1 aliphatic heterocycles. The summed E-state index contributed by atoms with van der Waals surface area (Å²) in [4.78, 5) is 36.3. The van der Waals surface area contributed by atoms with E-state index in [9.17, 15) is 9.59 Å². The van der Waals surface area contributed by atoms with Gasteiger partial charge in [0, 0.05) is 33.6 Å². The average Bonchev–Trinajstić information content (AvgIpc) is 3.57. The SMILES string of the molecule is CCOC(=O)C1(c2c(C(c3ccccc3)c3ccccc3)[nH]c3ccccc23)N=C(c2ccc(OC)cc2)OC1=O. The monoisotopic (exact) mass is 544 g/mol. The van der Waals surface area contributed by atoms with E-state index in [1.807, 2.05) is 84.9 Å². The van der Waals surface area contributed by atoms with Gasteiger partial charge in [-0.3, -0.25) is 0 Å². The zero-order valence-corrected chi connectivity index (χ0v) is 22.7. The molecule has 1 aliphatic rings. The van der Waals surface area contributed by atoms with Gasteiger partial charge in [-0.25, -0.2) is 14.6 Å². The van der Waals surface area contributed by atoms with E-state index in [-0.39, 0.29) is 18.4 Å². The second-order valence-corrected chi connectivity index (χ2v) is 9.68. The van der Waals surface area contributed by atoms with Crippen LogP contribution in [0.3, 0.4) is 0 Å². The van der Waals surface area contributed by atoms with Crippen LogP contribution in [0.25, 0.3) is 10.9 Å². The molecule has 0 radical (unpaired) electrons. The zero-order valence-electron chi connectivity index (χ0n) is 22.7. The minimum absolute atomic E-state index is 0.0397. The second kappa shape index (κ2) is 10.8. The molecule has 6 rings (SSSR count). The van der Waals surface area contributed by atoms with E-state index < -0.39 is 17.5 Å². The van der Waals surface area contributed by atoms with Gasteiger partial charge in [0.25, 0.3) is 5.54 Å². The summed E-state index contributed by atoms with van der Waals surface area (Å²) in [5, 5.41) is 0.684. The van der Waals surface area contributed by atoms with Gasteiger partial charge in [0.15, 0.2) is 0 Å². The molecule has 0 saturated carbocycles. The van der Waals surface area contributed by atoms with Crippen molar-refractivity contribution in [3.05, 3.63) is 137 Å². The molecule has 1 atom stereocenters. The first-order valence-corrected chi connectivity index (χ1v) is 13.4. The number of aliphatic imine (C=N–C) groups is 1. The van der Waals surface area contributed by atoms with Crippen LogP contribution in [0.1, 0.15) is 40.8 Å². The Balaban J connectivity index is 1.66. The van der Waals surface area contributed by atoms with Crippen molar-refractivity contribution in [3.63, 3.8) is 0 Å². The van der Waals surface area contributed by atoms with E-state index in [0.29, 0.717) is 28.0 Å². The van der Waals surface area contributed by atoms with Gasteiger partial charge in [-0.05, 0) is 48.4 Å². The Morgan fingerprint density at radius 1 is 0.878 bits per heavy atom. The summed E-state index contributed by atoms with van der Waals surface area (Å²) >= 11 is 0. The molecule has 1 aromatic heterocycles. The average molecular weight is 545 g/mol. The summed E-state index contributed by atoms with van der Waals surface area (Å²) in [5.41, 5.74) is 2.26. The number of aromatic amines is 1. The first-order valence-electron chi connectivity index (χ1n) is 13.4. The summed E-state index contributed by atoms with van der Waals surface area (Å²) in [5.74, 6) is -1.27. The second-order valence-electron chi connectivity index (χ2n) is 9.68. The molecule has 7 heteroatoms. The largest absolute Gasteiger partial charge is 0.497 e. The van der Waals surface area contributed by atoms with Gasteiger partial charge in [0.1, 0.15) is 5.75 Å². The first kappa shape index (κ1) is 26.1. The zero-order chi connectivity index (χ0) is 28.4. The van der Waals surface area contributed by atoms with Crippen molar-refractivity contribution in [1.82, 2.24) is 4.98 Å². The summed E-state index contributed by atoms with van der Waals surface area (Å²) in [7, 11) is 1.57. The number of para-hydroxylation sites is 1. The number of hydrogen-bond donors (Lipinski definition) is 1. The van der Waals surface area contributed by atoms with Crippen molar-refractivity contribution >= 4 is 28.7 Å². The number of carbonyl (C=O) groups is 2. The Kier molecular flexibility index (Phi) is 6.85. The number of rotatable bonds is 8. The van der Waals surface area contributed by atoms with Crippen LogP contribution >= 0.6 is 0 Å². The molecule has 0 fully saturated rings. The molecule has 41 heavy (non-hydrogen) atoms. The van der Waals surface area contributed by atoms with Crippen molar-refractivity contribution in [2.75, 3.05) is 13.7 Å². The third-order valence-electron chi connectivity index (χ3n) is 7.31. The van der Waals surface area contributed by atoms with Crippen molar-refractivity contribution in [3.8, 4) is 5.75 Å². The Hall–Kier alpha value is -5.17. The quantitative estimate of drug-likeness (QED) is 0.188. The van der Waals surface area contributed by atoms with Crippen LogP contribution in [0.2, 0.25) is 0 Å². The van der Waals surface area contributed by atoms with Crippen LogP contribution in [0, 0.1) is 0 Å². The van der Waals surface area contributed by atoms with Crippen molar-refractivity contribution in [2.24, 2.45) is 4.99 Å². The molecule has 0 spiro atoms. The maximum absolute atomic E-state index is 14.0. The molecule has 7 nitrogen and oxygen atoms in total. The molecule has 0 aliphatic carbocycles. The summed E-state index contributed by atoms with van der Waals surface area (Å²) < 4.78 is 16.6. The minimum Gasteiger partial charge on any atom is -0.497 e. The Morgan fingerprint density at radius 2 is 1.49 bits per heavy atom. The fraction of sp³-hybridized carbons (Fsp3) is 0.147. The Labute approximate surface area is 237 Å². The van der Waals surface area contributed by atoms with Crippen LogP contribution in [-0.2, 0) is 24.6 Å². The highest BCUT2D eigenvalue weighted by molar-refractivity contribution is 6.19. The van der Waals surface area contributed by atoms with E-state index in [0.717, 1.165) is 16.6 Å². The highest BCUT2D eigenvalue weighted by Crippen LogP contribution is 2.46. The number of fused-ring (bicyclic) bond motifs is 1. The number of cyclic esters (lactones) is 1. The van der Waals surface area contributed by atoms with E-state index in [1.165, 1.54) is 0 Å². The standard InChI is InChI=1S/C34H28N2O5/c1-3-40-32(37)34(33(38)41-31(36-34)24-18-20-25(39-2)21-19-24)29-26-16-10-11-17-27(26)35-30(29)28(22-12-6-4-7-13-22)23-14-8-5-9-15-23/h4-21,28,35H,3H2,1-2H3. The molecular weight excluding hydrogens is 516 g/mol. The van der Waals surface area contributed by atoms with E-state index in [4.69, 9.17) is 19.2 Å². The number of aromatic nitrogens is 1. The summed E-state index contributed by atoms with van der Waals surface area (Å²) in [6, 6.07) is 34.5. The number of ether oxygens (including phenoxy) is 3. The maximum Gasteiger partial charge on any atom is 0.357 e. The van der Waals surface area contributed by atoms with E-state index in [2.05, 4.69) is 4.98 Å². The van der Waals surface area contributed by atoms with Crippen LogP contribution in [0.4, 0.5) is 0 Å². The van der Waals surface area contributed by atoms with Gasteiger partial charge in [-0.15, -0.1) is 0 Å². The molecular formula is C34H28N2O5. The van der Waals surface area contributed by atoms with Gasteiger partial charge in [0.2, 0.25) is 5.90 Å².